The number of nitrogens with zero attached hydrogens (tertiary/aromatic N) is 3. The Labute approximate surface area is 137 Å². The normalized spacial score (nSPS) is 10.2. The van der Waals surface area contributed by atoms with Gasteiger partial charge in [-0.15, -0.1) is 5.10 Å². The second-order valence-corrected chi connectivity index (χ2v) is 4.65. The van der Waals surface area contributed by atoms with Crippen LogP contribution < -0.4 is 14.8 Å². The molecular weight excluding hydrogens is 312 g/mol. The van der Waals surface area contributed by atoms with Gasteiger partial charge >= 0.3 is 6.01 Å². The fourth-order valence-electron chi connectivity index (χ4n) is 2.11. The summed E-state index contributed by atoms with van der Waals surface area (Å²) in [5.41, 5.74) is 0.893. The van der Waals surface area contributed by atoms with Crippen LogP contribution in [0.25, 0.3) is 11.5 Å². The predicted molar refractivity (Wildman–Crippen MR) is 85.0 cm³/mol. The van der Waals surface area contributed by atoms with Gasteiger partial charge in [0.05, 0.1) is 19.8 Å². The van der Waals surface area contributed by atoms with Gasteiger partial charge in [0.15, 0.2) is 0 Å². The lowest BCUT2D eigenvalue weighted by Crippen LogP contribution is -2.14. The van der Waals surface area contributed by atoms with E-state index in [-0.39, 0.29) is 17.5 Å². The maximum atomic E-state index is 12.5. The minimum Gasteiger partial charge on any atom is -0.496 e. The molecule has 0 fully saturated rings. The molecule has 1 amide bonds. The molecule has 0 aliphatic rings. The average Bonchev–Trinajstić information content (AvgIpc) is 3.10. The Morgan fingerprint density at radius 2 is 1.83 bits per heavy atom. The Bertz CT molecular complexity index is 826. The first-order valence-electron chi connectivity index (χ1n) is 6.99. The molecular formula is C16H14N4O4. The zero-order valence-electron chi connectivity index (χ0n) is 13.0. The highest BCUT2D eigenvalue weighted by Crippen LogP contribution is 2.29. The predicted octanol–water partition coefficient (Wildman–Crippen LogP) is 2.40. The van der Waals surface area contributed by atoms with Crippen LogP contribution in [0.4, 0.5) is 6.01 Å². The van der Waals surface area contributed by atoms with E-state index in [2.05, 4.69) is 20.5 Å². The highest BCUT2D eigenvalue weighted by molar-refractivity contribution is 6.07. The molecule has 8 nitrogen and oxygen atoms in total. The van der Waals surface area contributed by atoms with Gasteiger partial charge in [-0.1, -0.05) is 11.2 Å². The summed E-state index contributed by atoms with van der Waals surface area (Å²) in [4.78, 5) is 16.5. The second kappa shape index (κ2) is 6.78. The molecule has 2 aromatic heterocycles. The van der Waals surface area contributed by atoms with E-state index in [0.29, 0.717) is 17.1 Å². The Morgan fingerprint density at radius 3 is 2.46 bits per heavy atom. The highest BCUT2D eigenvalue weighted by Gasteiger charge is 2.20. The van der Waals surface area contributed by atoms with Crippen molar-refractivity contribution in [2.24, 2.45) is 0 Å². The number of ether oxygens (including phenoxy) is 2. The van der Waals surface area contributed by atoms with Crippen LogP contribution in [0.5, 0.6) is 11.5 Å². The van der Waals surface area contributed by atoms with Gasteiger partial charge < -0.3 is 13.9 Å². The second-order valence-electron chi connectivity index (χ2n) is 4.65. The molecule has 0 radical (unpaired) electrons. The Morgan fingerprint density at radius 1 is 1.08 bits per heavy atom. The van der Waals surface area contributed by atoms with Gasteiger partial charge in [-0.25, -0.2) is 0 Å². The summed E-state index contributed by atoms with van der Waals surface area (Å²) in [6.45, 7) is 0. The molecule has 1 N–H and O–H groups in total. The molecule has 3 rings (SSSR count). The minimum absolute atomic E-state index is 0.0354. The third kappa shape index (κ3) is 3.02. The molecule has 0 aliphatic heterocycles. The molecule has 0 unspecified atom stereocenters. The SMILES string of the molecule is COc1cccc(OC)c1C(=O)Nc1nnc(-c2cccnc2)o1. The van der Waals surface area contributed by atoms with Crippen LogP contribution in [0.2, 0.25) is 0 Å². The lowest BCUT2D eigenvalue weighted by molar-refractivity contribution is 0.101. The quantitative estimate of drug-likeness (QED) is 0.768. The number of aromatic nitrogens is 3. The van der Waals surface area contributed by atoms with Crippen molar-refractivity contribution in [3.8, 4) is 23.0 Å². The number of benzene rings is 1. The molecule has 2 heterocycles. The maximum absolute atomic E-state index is 12.5. The molecule has 8 heteroatoms. The van der Waals surface area contributed by atoms with Crippen LogP contribution in [0, 0.1) is 0 Å². The van der Waals surface area contributed by atoms with Crippen molar-refractivity contribution in [2.45, 2.75) is 0 Å². The average molecular weight is 326 g/mol. The van der Waals surface area contributed by atoms with Crippen LogP contribution >= 0.6 is 0 Å². The van der Waals surface area contributed by atoms with Crippen molar-refractivity contribution in [3.05, 3.63) is 48.3 Å². The number of rotatable bonds is 5. The molecule has 0 aliphatic carbocycles. The molecule has 0 spiro atoms. The number of hydrogen-bond donors (Lipinski definition) is 1. The summed E-state index contributed by atoms with van der Waals surface area (Å²) in [6.07, 6.45) is 3.22. The number of carbonyl (C=O) groups is 1. The topological polar surface area (TPSA) is 99.4 Å². The summed E-state index contributed by atoms with van der Waals surface area (Å²) in [7, 11) is 2.94. The van der Waals surface area contributed by atoms with Gasteiger partial charge in [0.1, 0.15) is 17.1 Å². The van der Waals surface area contributed by atoms with Crippen molar-refractivity contribution in [1.29, 1.82) is 0 Å². The highest BCUT2D eigenvalue weighted by atomic mass is 16.5. The number of nitrogens with one attached hydrogen (secondary N) is 1. The fraction of sp³-hybridized carbons (Fsp3) is 0.125. The molecule has 122 valence electrons. The van der Waals surface area contributed by atoms with E-state index in [1.165, 1.54) is 14.2 Å². The Balaban J connectivity index is 1.85. The number of anilines is 1. The number of hydrogen-bond acceptors (Lipinski definition) is 7. The van der Waals surface area contributed by atoms with Gasteiger partial charge in [-0.2, -0.15) is 0 Å². The summed E-state index contributed by atoms with van der Waals surface area (Å²) >= 11 is 0. The third-order valence-electron chi connectivity index (χ3n) is 3.21. The monoisotopic (exact) mass is 326 g/mol. The van der Waals surface area contributed by atoms with E-state index in [1.54, 1.807) is 42.7 Å². The molecule has 0 bridgehead atoms. The van der Waals surface area contributed by atoms with E-state index in [4.69, 9.17) is 13.9 Å². The Kier molecular flexibility index (Phi) is 4.37. The lowest BCUT2D eigenvalue weighted by Gasteiger charge is -2.11. The Hall–Kier alpha value is -3.42. The van der Waals surface area contributed by atoms with Gasteiger partial charge in [-0.05, 0) is 24.3 Å². The number of amides is 1. The zero-order valence-corrected chi connectivity index (χ0v) is 13.0. The number of pyridine rings is 1. The first-order chi connectivity index (χ1) is 11.7. The summed E-state index contributed by atoms with van der Waals surface area (Å²) < 4.78 is 15.8. The van der Waals surface area contributed by atoms with Crippen LogP contribution in [0.1, 0.15) is 10.4 Å². The van der Waals surface area contributed by atoms with Gasteiger partial charge in [0.25, 0.3) is 11.8 Å². The van der Waals surface area contributed by atoms with E-state index >= 15 is 0 Å². The molecule has 24 heavy (non-hydrogen) atoms. The molecule has 1 aromatic carbocycles. The summed E-state index contributed by atoms with van der Waals surface area (Å²) in [6, 6.07) is 8.53. The van der Waals surface area contributed by atoms with Gasteiger partial charge in [0.2, 0.25) is 0 Å². The standard InChI is InChI=1S/C16H14N4O4/c1-22-11-6-3-7-12(23-2)13(11)14(21)18-16-20-19-15(24-16)10-5-4-8-17-9-10/h3-9H,1-2H3,(H,18,20,21). The van der Waals surface area contributed by atoms with Crippen LogP contribution in [0.15, 0.2) is 47.1 Å². The van der Waals surface area contributed by atoms with Gasteiger partial charge in [0, 0.05) is 12.4 Å². The number of carbonyl (C=O) groups excluding carboxylic acids is 1. The largest absolute Gasteiger partial charge is 0.496 e. The molecule has 3 aromatic rings. The van der Waals surface area contributed by atoms with E-state index < -0.39 is 5.91 Å². The third-order valence-corrected chi connectivity index (χ3v) is 3.21. The lowest BCUT2D eigenvalue weighted by atomic mass is 10.1. The van der Waals surface area contributed by atoms with Crippen molar-refractivity contribution >= 4 is 11.9 Å². The first kappa shape index (κ1) is 15.5. The smallest absolute Gasteiger partial charge is 0.322 e. The van der Waals surface area contributed by atoms with Crippen molar-refractivity contribution in [2.75, 3.05) is 19.5 Å². The number of methoxy groups -OCH3 is 2. The van der Waals surface area contributed by atoms with Crippen molar-refractivity contribution < 1.29 is 18.7 Å². The molecule has 0 saturated carbocycles. The van der Waals surface area contributed by atoms with Crippen LogP contribution in [0.3, 0.4) is 0 Å². The maximum Gasteiger partial charge on any atom is 0.322 e. The van der Waals surface area contributed by atoms with E-state index in [1.807, 2.05) is 0 Å². The summed E-state index contributed by atoms with van der Waals surface area (Å²) in [5.74, 6) is 0.522. The first-order valence-corrected chi connectivity index (χ1v) is 6.99. The fourth-order valence-corrected chi connectivity index (χ4v) is 2.11. The van der Waals surface area contributed by atoms with Crippen LogP contribution in [-0.4, -0.2) is 35.3 Å². The zero-order chi connectivity index (χ0) is 16.9. The van der Waals surface area contributed by atoms with Crippen LogP contribution in [-0.2, 0) is 0 Å². The molecule has 0 atom stereocenters. The summed E-state index contributed by atoms with van der Waals surface area (Å²) in [5, 5.41) is 10.2. The van der Waals surface area contributed by atoms with E-state index in [9.17, 15) is 4.79 Å². The van der Waals surface area contributed by atoms with Gasteiger partial charge in [-0.3, -0.25) is 15.1 Å². The van der Waals surface area contributed by atoms with Crippen molar-refractivity contribution in [3.63, 3.8) is 0 Å². The van der Waals surface area contributed by atoms with Crippen molar-refractivity contribution in [1.82, 2.24) is 15.2 Å². The van der Waals surface area contributed by atoms with E-state index in [0.717, 1.165) is 0 Å². The minimum atomic E-state index is -0.481. The molecule has 0 saturated heterocycles.